The zero-order valence-electron chi connectivity index (χ0n) is 19.2. The Labute approximate surface area is 213 Å². The second-order valence-corrected chi connectivity index (χ2v) is 9.18. The fraction of sp³-hybridized carbons (Fsp3) is 0.192. The highest BCUT2D eigenvalue weighted by molar-refractivity contribution is 7.99. The molecule has 0 saturated heterocycles. The third-order valence-electron chi connectivity index (χ3n) is 5.59. The maximum absolute atomic E-state index is 13.3. The molecule has 1 aliphatic rings. The number of carbonyl (C=O) groups excluding carboxylic acids is 1. The van der Waals surface area contributed by atoms with Crippen molar-refractivity contribution in [2.24, 2.45) is 0 Å². The molecule has 2 heterocycles. The van der Waals surface area contributed by atoms with Crippen molar-refractivity contribution in [3.63, 3.8) is 0 Å². The minimum atomic E-state index is -4.52. The average molecular weight is 528 g/mol. The summed E-state index contributed by atoms with van der Waals surface area (Å²) in [7, 11) is 0. The molecular formula is C26H20F3N3O4S. The number of hydrogen-bond acceptors (Lipinski definition) is 6. The van der Waals surface area contributed by atoms with Crippen LogP contribution >= 0.6 is 11.8 Å². The van der Waals surface area contributed by atoms with E-state index in [1.807, 2.05) is 12.1 Å². The molecular weight excluding hydrogens is 507 g/mol. The number of aromatic nitrogens is 2. The number of thioether (sulfide) groups is 1. The van der Waals surface area contributed by atoms with Gasteiger partial charge < -0.3 is 14.8 Å². The van der Waals surface area contributed by atoms with Gasteiger partial charge in [-0.2, -0.15) is 13.2 Å². The van der Waals surface area contributed by atoms with E-state index >= 15 is 0 Å². The maximum atomic E-state index is 13.3. The Hall–Kier alpha value is -3.99. The Morgan fingerprint density at radius 2 is 1.81 bits per heavy atom. The predicted molar refractivity (Wildman–Crippen MR) is 133 cm³/mol. The highest BCUT2D eigenvalue weighted by Crippen LogP contribution is 2.32. The molecule has 0 aliphatic carbocycles. The molecule has 3 aromatic carbocycles. The summed E-state index contributed by atoms with van der Waals surface area (Å²) >= 11 is 1.01. The lowest BCUT2D eigenvalue weighted by Crippen LogP contribution is -2.37. The topological polar surface area (TPSA) is 82.5 Å². The lowest BCUT2D eigenvalue weighted by molar-refractivity contribution is -0.137. The van der Waals surface area contributed by atoms with E-state index in [0.717, 1.165) is 23.9 Å². The van der Waals surface area contributed by atoms with E-state index in [1.165, 1.54) is 16.7 Å². The van der Waals surface area contributed by atoms with E-state index in [1.54, 1.807) is 36.4 Å². The summed E-state index contributed by atoms with van der Waals surface area (Å²) in [5, 5.41) is 3.17. The standard InChI is InChI=1S/C26H20F3N3O4S/c27-26(28,29)16-6-5-7-17(12-16)30-23(33)15-37-25-31-20-9-2-1-8-19(20)24(34)32(25)13-18-14-35-21-10-3-4-11-22(21)36-18/h1-12,18H,13-15H2,(H,30,33)/t18-/m1/s1. The molecule has 1 N–H and O–H groups in total. The predicted octanol–water partition coefficient (Wildman–Crippen LogP) is 4.99. The first-order valence-corrected chi connectivity index (χ1v) is 12.2. The fourth-order valence-electron chi connectivity index (χ4n) is 3.88. The van der Waals surface area contributed by atoms with E-state index in [4.69, 9.17) is 9.47 Å². The summed E-state index contributed by atoms with van der Waals surface area (Å²) in [4.78, 5) is 30.5. The van der Waals surface area contributed by atoms with Gasteiger partial charge in [0.2, 0.25) is 5.91 Å². The van der Waals surface area contributed by atoms with Crippen molar-refractivity contribution in [1.82, 2.24) is 9.55 Å². The number of para-hydroxylation sites is 3. The van der Waals surface area contributed by atoms with Gasteiger partial charge in [0.1, 0.15) is 6.61 Å². The highest BCUT2D eigenvalue weighted by Gasteiger charge is 2.30. The number of anilines is 1. The smallest absolute Gasteiger partial charge is 0.416 e. The van der Waals surface area contributed by atoms with Gasteiger partial charge in [-0.3, -0.25) is 14.2 Å². The van der Waals surface area contributed by atoms with E-state index in [-0.39, 0.29) is 35.3 Å². The zero-order chi connectivity index (χ0) is 26.0. The number of fused-ring (bicyclic) bond motifs is 2. The first-order valence-electron chi connectivity index (χ1n) is 11.3. The van der Waals surface area contributed by atoms with Crippen LogP contribution in [-0.2, 0) is 17.5 Å². The number of nitrogens with zero attached hydrogens (tertiary/aromatic N) is 2. The van der Waals surface area contributed by atoms with Gasteiger partial charge in [-0.15, -0.1) is 0 Å². The number of rotatable bonds is 6. The first kappa shape index (κ1) is 24.7. The number of hydrogen-bond donors (Lipinski definition) is 1. The molecule has 190 valence electrons. The molecule has 37 heavy (non-hydrogen) atoms. The molecule has 0 fully saturated rings. The van der Waals surface area contributed by atoms with Crippen LogP contribution in [0.3, 0.4) is 0 Å². The molecule has 0 unspecified atom stereocenters. The number of carbonyl (C=O) groups is 1. The van der Waals surface area contributed by atoms with Crippen LogP contribution < -0.4 is 20.3 Å². The number of halogens is 3. The Bertz CT molecular complexity index is 1520. The molecule has 0 bridgehead atoms. The number of amides is 1. The molecule has 1 atom stereocenters. The van der Waals surface area contributed by atoms with Crippen LogP contribution in [0.25, 0.3) is 10.9 Å². The quantitative estimate of drug-likeness (QED) is 0.281. The molecule has 0 saturated carbocycles. The van der Waals surface area contributed by atoms with E-state index < -0.39 is 23.8 Å². The molecule has 1 amide bonds. The molecule has 5 rings (SSSR count). The lowest BCUT2D eigenvalue weighted by Gasteiger charge is -2.27. The van der Waals surface area contributed by atoms with Crippen LogP contribution in [0.5, 0.6) is 11.5 Å². The van der Waals surface area contributed by atoms with Gasteiger partial charge in [0, 0.05) is 5.69 Å². The van der Waals surface area contributed by atoms with Crippen LogP contribution in [-0.4, -0.2) is 33.9 Å². The molecule has 0 radical (unpaired) electrons. The summed E-state index contributed by atoms with van der Waals surface area (Å²) in [6.07, 6.45) is -5.00. The van der Waals surface area contributed by atoms with Crippen LogP contribution in [0.4, 0.5) is 18.9 Å². The Morgan fingerprint density at radius 1 is 1.05 bits per heavy atom. The zero-order valence-corrected chi connectivity index (χ0v) is 20.0. The summed E-state index contributed by atoms with van der Waals surface area (Å²) in [5.74, 6) is 0.467. The van der Waals surface area contributed by atoms with Gasteiger partial charge in [0.15, 0.2) is 22.8 Å². The number of ether oxygens (including phenoxy) is 2. The van der Waals surface area contributed by atoms with Crippen LogP contribution in [0, 0.1) is 0 Å². The summed E-state index contributed by atoms with van der Waals surface area (Å²) in [6, 6.07) is 18.5. The van der Waals surface area contributed by atoms with Crippen LogP contribution in [0.1, 0.15) is 5.56 Å². The van der Waals surface area contributed by atoms with E-state index in [9.17, 15) is 22.8 Å². The summed E-state index contributed by atoms with van der Waals surface area (Å²) in [6.45, 7) is 0.346. The monoisotopic (exact) mass is 527 g/mol. The van der Waals surface area contributed by atoms with Gasteiger partial charge in [-0.25, -0.2) is 4.98 Å². The third kappa shape index (κ3) is 5.56. The van der Waals surface area contributed by atoms with E-state index in [2.05, 4.69) is 10.3 Å². The number of benzene rings is 3. The van der Waals surface area contributed by atoms with Crippen LogP contribution in [0.2, 0.25) is 0 Å². The minimum absolute atomic E-state index is 0.0238. The first-order chi connectivity index (χ1) is 17.8. The van der Waals surface area contributed by atoms with Crippen molar-refractivity contribution < 1.29 is 27.4 Å². The molecule has 11 heteroatoms. The second kappa shape index (κ2) is 10.2. The Morgan fingerprint density at radius 3 is 2.62 bits per heavy atom. The molecule has 1 aliphatic heterocycles. The number of alkyl halides is 3. The second-order valence-electron chi connectivity index (χ2n) is 8.24. The van der Waals surface area contributed by atoms with Crippen molar-refractivity contribution in [3.05, 3.63) is 88.7 Å². The largest absolute Gasteiger partial charge is 0.486 e. The molecule has 7 nitrogen and oxygen atoms in total. The highest BCUT2D eigenvalue weighted by atomic mass is 32.2. The Balaban J connectivity index is 1.36. The molecule has 4 aromatic rings. The van der Waals surface area contributed by atoms with Gasteiger partial charge in [-0.05, 0) is 42.5 Å². The van der Waals surface area contributed by atoms with Gasteiger partial charge >= 0.3 is 6.18 Å². The summed E-state index contributed by atoms with van der Waals surface area (Å²) in [5.41, 5.74) is -0.667. The SMILES string of the molecule is O=C(CSc1nc2ccccc2c(=O)n1C[C@@H]1COc2ccccc2O1)Nc1cccc(C(F)(F)F)c1. The van der Waals surface area contributed by atoms with E-state index in [0.29, 0.717) is 22.4 Å². The van der Waals surface area contributed by atoms with Gasteiger partial charge in [-0.1, -0.05) is 42.1 Å². The summed E-state index contributed by atoms with van der Waals surface area (Å²) < 4.78 is 52.2. The van der Waals surface area contributed by atoms with Crippen molar-refractivity contribution in [2.45, 2.75) is 24.0 Å². The normalized spacial score (nSPS) is 14.9. The number of nitrogens with one attached hydrogen (secondary N) is 1. The fourth-order valence-corrected chi connectivity index (χ4v) is 4.68. The average Bonchev–Trinajstić information content (AvgIpc) is 2.89. The van der Waals surface area contributed by atoms with Crippen LogP contribution in [0.15, 0.2) is 82.7 Å². The van der Waals surface area contributed by atoms with Crippen molar-refractivity contribution in [3.8, 4) is 11.5 Å². The van der Waals surface area contributed by atoms with Gasteiger partial charge in [0.05, 0.1) is 28.8 Å². The van der Waals surface area contributed by atoms with Crippen molar-refractivity contribution in [1.29, 1.82) is 0 Å². The molecule has 0 spiro atoms. The van der Waals surface area contributed by atoms with Crippen molar-refractivity contribution >= 4 is 34.3 Å². The van der Waals surface area contributed by atoms with Gasteiger partial charge in [0.25, 0.3) is 5.56 Å². The minimum Gasteiger partial charge on any atom is -0.486 e. The maximum Gasteiger partial charge on any atom is 0.416 e. The lowest BCUT2D eigenvalue weighted by atomic mass is 10.2. The molecule has 1 aromatic heterocycles. The van der Waals surface area contributed by atoms with Crippen molar-refractivity contribution in [2.75, 3.05) is 17.7 Å². The third-order valence-corrected chi connectivity index (χ3v) is 6.56. The Kier molecular flexibility index (Phi) is 6.79.